The highest BCUT2D eigenvalue weighted by Gasteiger charge is 2.28. The van der Waals surface area contributed by atoms with Crippen LogP contribution in [0.25, 0.3) is 11.0 Å². The largest absolute Gasteiger partial charge is 0.497 e. The minimum Gasteiger partial charge on any atom is -0.497 e. The minimum absolute atomic E-state index is 0.179. The maximum Gasteiger partial charge on any atom is 0.252 e. The van der Waals surface area contributed by atoms with Crippen LogP contribution < -0.4 is 20.7 Å². The van der Waals surface area contributed by atoms with Crippen LogP contribution in [0, 0.1) is 5.41 Å². The Hall–Kier alpha value is -3.95. The van der Waals surface area contributed by atoms with Crippen LogP contribution in [-0.2, 0) is 13.6 Å². The summed E-state index contributed by atoms with van der Waals surface area (Å²) in [6, 6.07) is 10.3. The summed E-state index contributed by atoms with van der Waals surface area (Å²) in [7, 11) is 3.46. The third-order valence-electron chi connectivity index (χ3n) is 5.94. The molecule has 178 valence electrons. The number of carbonyl (C=O) groups excluding carboxylic acids is 2. The van der Waals surface area contributed by atoms with Gasteiger partial charge in [0.25, 0.3) is 11.8 Å². The number of aryl methyl sites for hydroxylation is 1. The quantitative estimate of drug-likeness (QED) is 0.219. The van der Waals surface area contributed by atoms with Crippen molar-refractivity contribution in [3.8, 4) is 5.75 Å². The number of halogens is 1. The lowest BCUT2D eigenvalue weighted by molar-refractivity contribution is 0.0912. The first-order chi connectivity index (χ1) is 16.4. The second-order valence-corrected chi connectivity index (χ2v) is 8.11. The Kier molecular flexibility index (Phi) is 6.76. The number of carbonyl (C=O) groups is 2. The fourth-order valence-electron chi connectivity index (χ4n) is 4.20. The van der Waals surface area contributed by atoms with Crippen LogP contribution in [0.15, 0.2) is 36.4 Å². The van der Waals surface area contributed by atoms with Crippen molar-refractivity contribution in [3.05, 3.63) is 58.9 Å². The monoisotopic (exact) mass is 466 g/mol. The molecule has 2 heterocycles. The molecule has 34 heavy (non-hydrogen) atoms. The van der Waals surface area contributed by atoms with Crippen molar-refractivity contribution in [2.24, 2.45) is 7.05 Å². The van der Waals surface area contributed by atoms with Gasteiger partial charge in [-0.05, 0) is 36.6 Å². The Morgan fingerprint density at radius 1 is 1.35 bits per heavy atom. The standard InChI is InChI=1S/C24H27FN6O3/c1-31-19-9-8-15(34-2)11-18(19)29-22(31)17(7-4-10-27-20(26)12-25)30-23(32)16-6-3-5-14-13-28-24(33)21(14)16/h3,5-6,8-9,11,17H,4,7,10,12-13H2,1-2H3,(H2,26,27)(H,28,33)(H,30,32)/t17-/m0/s1. The second kappa shape index (κ2) is 9.90. The average molecular weight is 467 g/mol. The number of methoxy groups -OCH3 is 1. The molecule has 1 atom stereocenters. The van der Waals surface area contributed by atoms with Gasteiger partial charge in [-0.3, -0.25) is 15.0 Å². The number of rotatable bonds is 9. The van der Waals surface area contributed by atoms with E-state index in [0.717, 1.165) is 16.6 Å². The molecule has 0 spiro atoms. The third kappa shape index (κ3) is 4.57. The summed E-state index contributed by atoms with van der Waals surface area (Å²) in [5, 5.41) is 15.9. The molecular weight excluding hydrogens is 439 g/mol. The Morgan fingerprint density at radius 3 is 2.94 bits per heavy atom. The molecule has 2 amide bonds. The van der Waals surface area contributed by atoms with Crippen LogP contribution in [0.4, 0.5) is 4.39 Å². The van der Waals surface area contributed by atoms with E-state index < -0.39 is 12.7 Å². The van der Waals surface area contributed by atoms with Gasteiger partial charge >= 0.3 is 0 Å². The van der Waals surface area contributed by atoms with Gasteiger partial charge in [0.2, 0.25) is 0 Å². The molecule has 0 bridgehead atoms. The van der Waals surface area contributed by atoms with Crippen LogP contribution in [0.3, 0.4) is 0 Å². The van der Waals surface area contributed by atoms with Crippen molar-refractivity contribution in [1.82, 2.24) is 25.5 Å². The Morgan fingerprint density at radius 2 is 2.18 bits per heavy atom. The number of amides is 2. The second-order valence-electron chi connectivity index (χ2n) is 8.11. The van der Waals surface area contributed by atoms with Crippen LogP contribution in [0.1, 0.15) is 51.0 Å². The molecular formula is C24H27FN6O3. The number of hydrogen-bond acceptors (Lipinski definition) is 5. The van der Waals surface area contributed by atoms with E-state index in [1.54, 1.807) is 19.2 Å². The summed E-state index contributed by atoms with van der Waals surface area (Å²) in [5.74, 6) is 0.516. The minimum atomic E-state index is -0.853. The number of benzene rings is 2. The number of ether oxygens (including phenoxy) is 1. The van der Waals surface area contributed by atoms with E-state index in [1.165, 1.54) is 0 Å². The number of alkyl halides is 1. The summed E-state index contributed by atoms with van der Waals surface area (Å²) in [6.45, 7) is -0.0680. The maximum absolute atomic E-state index is 13.3. The number of nitrogens with one attached hydrogen (secondary N) is 4. The highest BCUT2D eigenvalue weighted by molar-refractivity contribution is 6.09. The highest BCUT2D eigenvalue weighted by atomic mass is 19.1. The number of aromatic nitrogens is 2. The van der Waals surface area contributed by atoms with Gasteiger partial charge in [-0.2, -0.15) is 0 Å². The number of imidazole rings is 1. The lowest BCUT2D eigenvalue weighted by atomic mass is 10.0. The predicted molar refractivity (Wildman–Crippen MR) is 126 cm³/mol. The molecule has 0 unspecified atom stereocenters. The zero-order valence-electron chi connectivity index (χ0n) is 19.1. The Bertz CT molecular complexity index is 1250. The average Bonchev–Trinajstić information content (AvgIpc) is 3.39. The first-order valence-corrected chi connectivity index (χ1v) is 11.0. The molecule has 4 N–H and O–H groups in total. The van der Waals surface area contributed by atoms with Crippen molar-refractivity contribution in [2.75, 3.05) is 20.3 Å². The summed E-state index contributed by atoms with van der Waals surface area (Å²) in [4.78, 5) is 30.4. The van der Waals surface area contributed by atoms with E-state index in [2.05, 4.69) is 16.0 Å². The first kappa shape index (κ1) is 23.2. The topological polar surface area (TPSA) is 121 Å². The zero-order chi connectivity index (χ0) is 24.2. The van der Waals surface area contributed by atoms with Crippen molar-refractivity contribution >= 4 is 28.7 Å². The van der Waals surface area contributed by atoms with Gasteiger partial charge in [0.1, 0.15) is 24.1 Å². The van der Waals surface area contributed by atoms with E-state index >= 15 is 0 Å². The Balaban J connectivity index is 1.62. The van der Waals surface area contributed by atoms with Crippen molar-refractivity contribution in [3.63, 3.8) is 0 Å². The molecule has 0 fully saturated rings. The molecule has 0 saturated carbocycles. The first-order valence-electron chi connectivity index (χ1n) is 11.0. The summed E-state index contributed by atoms with van der Waals surface area (Å²) < 4.78 is 19.8. The molecule has 10 heteroatoms. The van der Waals surface area contributed by atoms with Gasteiger partial charge in [0, 0.05) is 26.2 Å². The highest BCUT2D eigenvalue weighted by Crippen LogP contribution is 2.27. The molecule has 3 aromatic rings. The van der Waals surface area contributed by atoms with Crippen LogP contribution >= 0.6 is 0 Å². The van der Waals surface area contributed by atoms with Gasteiger partial charge in [-0.15, -0.1) is 0 Å². The molecule has 0 saturated heterocycles. The van der Waals surface area contributed by atoms with Gasteiger partial charge < -0.3 is 25.3 Å². The number of fused-ring (bicyclic) bond motifs is 2. The van der Waals surface area contributed by atoms with Crippen molar-refractivity contribution in [1.29, 1.82) is 5.41 Å². The lowest BCUT2D eigenvalue weighted by Gasteiger charge is -2.20. The smallest absolute Gasteiger partial charge is 0.252 e. The third-order valence-corrected chi connectivity index (χ3v) is 5.94. The molecule has 4 rings (SSSR count). The van der Waals surface area contributed by atoms with Crippen LogP contribution in [-0.4, -0.2) is 47.5 Å². The van der Waals surface area contributed by atoms with Crippen molar-refractivity contribution < 1.29 is 18.7 Å². The van der Waals surface area contributed by atoms with Crippen LogP contribution in [0.5, 0.6) is 5.75 Å². The SMILES string of the molecule is COc1ccc2c(c1)nc([C@H](CCCNC(=N)CF)NC(=O)c1cccc3c1C(=O)NC3)n2C. The molecule has 2 aromatic carbocycles. The van der Waals surface area contributed by atoms with E-state index in [4.69, 9.17) is 15.1 Å². The number of nitrogens with zero attached hydrogens (tertiary/aromatic N) is 2. The van der Waals surface area contributed by atoms with Crippen molar-refractivity contribution in [2.45, 2.75) is 25.4 Å². The molecule has 0 aliphatic carbocycles. The van der Waals surface area contributed by atoms with Crippen LogP contribution in [0.2, 0.25) is 0 Å². The Labute approximate surface area is 196 Å². The number of hydrogen-bond donors (Lipinski definition) is 4. The summed E-state index contributed by atoms with van der Waals surface area (Å²) in [6.07, 6.45) is 1.06. The molecule has 1 aliphatic rings. The lowest BCUT2D eigenvalue weighted by Crippen LogP contribution is -2.33. The number of amidine groups is 1. The van der Waals surface area contributed by atoms with E-state index in [1.807, 2.05) is 35.9 Å². The summed E-state index contributed by atoms with van der Waals surface area (Å²) >= 11 is 0. The van der Waals surface area contributed by atoms with E-state index in [-0.39, 0.29) is 17.6 Å². The normalized spacial score (nSPS) is 13.3. The molecule has 9 nitrogen and oxygen atoms in total. The molecule has 0 radical (unpaired) electrons. The fourth-order valence-corrected chi connectivity index (χ4v) is 4.20. The maximum atomic E-state index is 13.3. The van der Waals surface area contributed by atoms with Gasteiger partial charge in [0.05, 0.1) is 35.3 Å². The van der Waals surface area contributed by atoms with E-state index in [0.29, 0.717) is 48.6 Å². The molecule has 1 aromatic heterocycles. The molecule has 1 aliphatic heterocycles. The summed E-state index contributed by atoms with van der Waals surface area (Å²) in [5.41, 5.74) is 3.11. The van der Waals surface area contributed by atoms with E-state index in [9.17, 15) is 14.0 Å². The van der Waals surface area contributed by atoms with Gasteiger partial charge in [0.15, 0.2) is 0 Å². The fraction of sp³-hybridized carbons (Fsp3) is 0.333. The zero-order valence-corrected chi connectivity index (χ0v) is 19.1. The predicted octanol–water partition coefficient (Wildman–Crippen LogP) is 2.61. The van der Waals surface area contributed by atoms with Gasteiger partial charge in [-0.25, -0.2) is 9.37 Å². The van der Waals surface area contributed by atoms with Gasteiger partial charge in [-0.1, -0.05) is 12.1 Å².